The van der Waals surface area contributed by atoms with Crippen molar-refractivity contribution in [1.29, 1.82) is 0 Å². The van der Waals surface area contributed by atoms with Crippen LogP contribution in [0.4, 0.5) is 5.69 Å². The summed E-state index contributed by atoms with van der Waals surface area (Å²) in [7, 11) is 0. The Morgan fingerprint density at radius 2 is 1.90 bits per heavy atom. The van der Waals surface area contributed by atoms with Crippen molar-refractivity contribution in [3.63, 3.8) is 0 Å². The number of carbonyl (C=O) groups is 2. The number of benzene rings is 1. The molecule has 8 nitrogen and oxygen atoms in total. The van der Waals surface area contributed by atoms with E-state index in [2.05, 4.69) is 24.1 Å². The molecule has 1 aromatic heterocycles. The van der Waals surface area contributed by atoms with Crippen LogP contribution in [0.5, 0.6) is 11.5 Å². The monoisotopic (exact) mass is 402 g/mol. The number of amides is 1. The molecule has 2 aromatic rings. The van der Waals surface area contributed by atoms with E-state index in [1.165, 1.54) is 11.3 Å². The minimum atomic E-state index is -0.506. The molecule has 8 heteroatoms. The van der Waals surface area contributed by atoms with Gasteiger partial charge >= 0.3 is 5.97 Å². The van der Waals surface area contributed by atoms with Crippen molar-refractivity contribution in [1.82, 2.24) is 4.98 Å². The second-order valence-corrected chi connectivity index (χ2v) is 8.18. The van der Waals surface area contributed by atoms with Crippen LogP contribution < -0.4 is 19.7 Å². The molecule has 1 saturated heterocycles. The number of hydrogen-bond acceptors (Lipinski definition) is 5. The van der Waals surface area contributed by atoms with E-state index >= 15 is 0 Å². The van der Waals surface area contributed by atoms with E-state index in [1.54, 1.807) is 19.1 Å². The SMILES string of the molecule is CCOC(=O)c1[nH]c2cc3c(cc2c1NC(=O)C[NH+]1C[C@@H](C)C[C@H](C)C1)OCO3. The Morgan fingerprint density at radius 3 is 2.59 bits per heavy atom. The normalized spacial score (nSPS) is 23.2. The third kappa shape index (κ3) is 4.03. The number of anilines is 1. The lowest BCUT2D eigenvalue weighted by Crippen LogP contribution is -3.15. The first-order valence-electron chi connectivity index (χ1n) is 10.2. The number of ether oxygens (including phenoxy) is 3. The van der Waals surface area contributed by atoms with E-state index < -0.39 is 5.97 Å². The predicted octanol–water partition coefficient (Wildman–Crippen LogP) is 1.57. The Hall–Kier alpha value is -2.74. The van der Waals surface area contributed by atoms with Gasteiger partial charge in [0.05, 0.1) is 30.9 Å². The van der Waals surface area contributed by atoms with Crippen LogP contribution in [0.15, 0.2) is 12.1 Å². The second kappa shape index (κ2) is 7.94. The highest BCUT2D eigenvalue weighted by atomic mass is 16.7. The molecule has 3 heterocycles. The lowest BCUT2D eigenvalue weighted by Gasteiger charge is -2.31. The molecule has 4 rings (SSSR count). The lowest BCUT2D eigenvalue weighted by molar-refractivity contribution is -0.904. The fourth-order valence-electron chi connectivity index (χ4n) is 4.55. The van der Waals surface area contributed by atoms with Crippen LogP contribution >= 0.6 is 0 Å². The van der Waals surface area contributed by atoms with Crippen molar-refractivity contribution >= 4 is 28.5 Å². The number of H-pyrrole nitrogens is 1. The Balaban J connectivity index is 1.61. The molecule has 2 aliphatic heterocycles. The molecule has 0 aliphatic carbocycles. The van der Waals surface area contributed by atoms with E-state index in [9.17, 15) is 9.59 Å². The molecule has 2 atom stereocenters. The van der Waals surface area contributed by atoms with Gasteiger partial charge in [0.1, 0.15) is 5.69 Å². The first-order chi connectivity index (χ1) is 13.9. The van der Waals surface area contributed by atoms with E-state index in [1.807, 2.05) is 0 Å². The highest BCUT2D eigenvalue weighted by molar-refractivity contribution is 6.11. The molecule has 1 amide bonds. The van der Waals surface area contributed by atoms with Crippen molar-refractivity contribution in [2.24, 2.45) is 11.8 Å². The molecule has 3 N–H and O–H groups in total. The number of aromatic amines is 1. The standard InChI is InChI=1S/C21H27N3O5/c1-4-27-21(26)20-19(14-6-16-17(29-11-28-16)7-15(14)22-20)23-18(25)10-24-8-12(2)5-13(3)9-24/h6-7,12-13,22H,4-5,8-11H2,1-3H3,(H,23,25)/p+1/t12-,13-/m0/s1. The summed E-state index contributed by atoms with van der Waals surface area (Å²) in [5, 5.41) is 3.65. The van der Waals surface area contributed by atoms with Crippen LogP contribution in [0.2, 0.25) is 0 Å². The minimum Gasteiger partial charge on any atom is -0.461 e. The molecule has 29 heavy (non-hydrogen) atoms. The number of quaternary nitrogens is 1. The van der Waals surface area contributed by atoms with Crippen LogP contribution in [0, 0.1) is 11.8 Å². The summed E-state index contributed by atoms with van der Waals surface area (Å²) in [6.07, 6.45) is 1.20. The van der Waals surface area contributed by atoms with Gasteiger partial charge in [-0.1, -0.05) is 13.8 Å². The van der Waals surface area contributed by atoms with E-state index in [0.29, 0.717) is 46.5 Å². The summed E-state index contributed by atoms with van der Waals surface area (Å²) in [5.41, 5.74) is 1.34. The molecule has 0 unspecified atom stereocenters. The van der Waals surface area contributed by atoms with Gasteiger partial charge in [0.15, 0.2) is 18.0 Å². The zero-order valence-corrected chi connectivity index (χ0v) is 17.1. The summed E-state index contributed by atoms with van der Waals surface area (Å²) in [5.74, 6) is 1.77. The topological polar surface area (TPSA) is 94.1 Å². The number of hydrogen-bond donors (Lipinski definition) is 3. The average molecular weight is 402 g/mol. The molecule has 1 fully saturated rings. The van der Waals surface area contributed by atoms with Gasteiger partial charge in [0, 0.05) is 23.3 Å². The number of rotatable bonds is 5. The molecule has 0 radical (unpaired) electrons. The van der Waals surface area contributed by atoms with Gasteiger partial charge in [0.25, 0.3) is 5.91 Å². The van der Waals surface area contributed by atoms with E-state index in [4.69, 9.17) is 14.2 Å². The average Bonchev–Trinajstić information content (AvgIpc) is 3.23. The van der Waals surface area contributed by atoms with Crippen LogP contribution in [0.3, 0.4) is 0 Å². The van der Waals surface area contributed by atoms with Gasteiger partial charge in [-0.3, -0.25) is 4.79 Å². The zero-order valence-electron chi connectivity index (χ0n) is 17.1. The van der Waals surface area contributed by atoms with Crippen LogP contribution in [-0.4, -0.2) is 49.9 Å². The van der Waals surface area contributed by atoms with Crippen molar-refractivity contribution in [3.8, 4) is 11.5 Å². The first-order valence-corrected chi connectivity index (χ1v) is 10.2. The maximum absolute atomic E-state index is 12.8. The highest BCUT2D eigenvalue weighted by Gasteiger charge is 2.29. The van der Waals surface area contributed by atoms with Gasteiger partial charge < -0.3 is 29.4 Å². The molecule has 2 aliphatic rings. The van der Waals surface area contributed by atoms with Crippen molar-refractivity contribution in [2.45, 2.75) is 27.2 Å². The minimum absolute atomic E-state index is 0.120. The third-order valence-corrected chi connectivity index (χ3v) is 5.53. The Labute approximate surface area is 169 Å². The zero-order chi connectivity index (χ0) is 20.5. The van der Waals surface area contributed by atoms with Crippen LogP contribution in [0.25, 0.3) is 10.9 Å². The molecule has 0 bridgehead atoms. The summed E-state index contributed by atoms with van der Waals surface area (Å²) in [4.78, 5) is 29.7. The van der Waals surface area contributed by atoms with Gasteiger partial charge in [-0.25, -0.2) is 4.79 Å². The van der Waals surface area contributed by atoms with Gasteiger partial charge in [-0.05, 0) is 19.4 Å². The summed E-state index contributed by atoms with van der Waals surface area (Å²) < 4.78 is 16.0. The first kappa shape index (κ1) is 19.6. The van der Waals surface area contributed by atoms with E-state index in [0.717, 1.165) is 13.1 Å². The Morgan fingerprint density at radius 1 is 1.21 bits per heavy atom. The number of likely N-dealkylation sites (tertiary alicyclic amines) is 1. The lowest BCUT2D eigenvalue weighted by atomic mass is 9.92. The molecule has 156 valence electrons. The predicted molar refractivity (Wildman–Crippen MR) is 108 cm³/mol. The summed E-state index contributed by atoms with van der Waals surface area (Å²) in [6, 6.07) is 3.56. The third-order valence-electron chi connectivity index (χ3n) is 5.53. The van der Waals surface area contributed by atoms with Crippen LogP contribution in [-0.2, 0) is 9.53 Å². The molecule has 0 saturated carbocycles. The van der Waals surface area contributed by atoms with Crippen molar-refractivity contribution in [2.75, 3.05) is 38.4 Å². The van der Waals surface area contributed by atoms with Crippen LogP contribution in [0.1, 0.15) is 37.7 Å². The second-order valence-electron chi connectivity index (χ2n) is 8.18. The van der Waals surface area contributed by atoms with Gasteiger partial charge in [0.2, 0.25) is 6.79 Å². The maximum Gasteiger partial charge on any atom is 0.356 e. The van der Waals surface area contributed by atoms with E-state index in [-0.39, 0.29) is 25.0 Å². The highest BCUT2D eigenvalue weighted by Crippen LogP contribution is 2.39. The number of nitrogens with one attached hydrogen (secondary N) is 3. The molecular weight excluding hydrogens is 374 g/mol. The number of piperidine rings is 1. The fourth-order valence-corrected chi connectivity index (χ4v) is 4.55. The molecule has 1 aromatic carbocycles. The largest absolute Gasteiger partial charge is 0.461 e. The summed E-state index contributed by atoms with van der Waals surface area (Å²) >= 11 is 0. The van der Waals surface area contributed by atoms with Crippen molar-refractivity contribution < 1.29 is 28.7 Å². The fraction of sp³-hybridized carbons (Fsp3) is 0.524. The summed E-state index contributed by atoms with van der Waals surface area (Å²) in [6.45, 7) is 8.94. The Kier molecular flexibility index (Phi) is 5.36. The smallest absolute Gasteiger partial charge is 0.356 e. The number of carbonyl (C=O) groups excluding carboxylic acids is 2. The molecule has 0 spiro atoms. The maximum atomic E-state index is 12.8. The molecular formula is C21H28N3O5+. The van der Waals surface area contributed by atoms with Crippen molar-refractivity contribution in [3.05, 3.63) is 17.8 Å². The quantitative estimate of drug-likeness (QED) is 0.660. The Bertz CT molecular complexity index is 928. The number of esters is 1. The van der Waals surface area contributed by atoms with Gasteiger partial charge in [-0.2, -0.15) is 0 Å². The number of aromatic nitrogens is 1. The van der Waals surface area contributed by atoms with Gasteiger partial charge in [-0.15, -0.1) is 0 Å². The number of fused-ring (bicyclic) bond motifs is 2.